The van der Waals surface area contributed by atoms with Crippen molar-refractivity contribution in [2.45, 2.75) is 32.8 Å². The maximum Gasteiger partial charge on any atom is 0.219 e. The number of halogens is 2. The molecule has 0 atom stereocenters. The van der Waals surface area contributed by atoms with Gasteiger partial charge >= 0.3 is 0 Å². The highest BCUT2D eigenvalue weighted by Gasteiger charge is 2.18. The fourth-order valence-corrected chi connectivity index (χ4v) is 2.07. The smallest absolute Gasteiger partial charge is 0.219 e. The third-order valence-corrected chi connectivity index (χ3v) is 3.47. The molecule has 21 heavy (non-hydrogen) atoms. The number of rotatable bonds is 3. The van der Waals surface area contributed by atoms with Gasteiger partial charge in [-0.15, -0.1) is 0 Å². The van der Waals surface area contributed by atoms with E-state index in [2.05, 4.69) is 4.98 Å². The van der Waals surface area contributed by atoms with Crippen molar-refractivity contribution in [3.63, 3.8) is 0 Å². The maximum absolute atomic E-state index is 9.39. The summed E-state index contributed by atoms with van der Waals surface area (Å²) in [4.78, 5) is 4.48. The Morgan fingerprint density at radius 2 is 1.86 bits per heavy atom. The molecule has 0 bridgehead atoms. The van der Waals surface area contributed by atoms with Gasteiger partial charge in [-0.2, -0.15) is 0 Å². The van der Waals surface area contributed by atoms with Gasteiger partial charge in [0.15, 0.2) is 0 Å². The van der Waals surface area contributed by atoms with Gasteiger partial charge in [0.1, 0.15) is 5.75 Å². The van der Waals surface area contributed by atoms with Crippen LogP contribution in [-0.2, 0) is 12.0 Å². The highest BCUT2D eigenvalue weighted by atomic mass is 35.5. The van der Waals surface area contributed by atoms with Crippen LogP contribution in [0, 0.1) is 0 Å². The van der Waals surface area contributed by atoms with Gasteiger partial charge in [-0.25, -0.2) is 4.98 Å². The standard InChI is InChI=1S/C16H17Cl2NO2/c1-16(2,3)14-6-10(9-20)7-15(19-14)21-13-8-11(17)4-5-12(13)18/h4-8,20H,9H2,1-3H3. The van der Waals surface area contributed by atoms with Crippen molar-refractivity contribution in [3.05, 3.63) is 51.6 Å². The third kappa shape index (κ3) is 4.10. The topological polar surface area (TPSA) is 42.4 Å². The van der Waals surface area contributed by atoms with Gasteiger partial charge in [-0.3, -0.25) is 0 Å². The molecular weight excluding hydrogens is 309 g/mol. The minimum Gasteiger partial charge on any atom is -0.437 e. The first kappa shape index (κ1) is 16.1. The summed E-state index contributed by atoms with van der Waals surface area (Å²) in [5.74, 6) is 0.822. The molecule has 5 heteroatoms. The van der Waals surface area contributed by atoms with E-state index in [0.29, 0.717) is 21.7 Å². The van der Waals surface area contributed by atoms with Crippen LogP contribution < -0.4 is 4.74 Å². The lowest BCUT2D eigenvalue weighted by Gasteiger charge is -2.19. The quantitative estimate of drug-likeness (QED) is 0.866. The SMILES string of the molecule is CC(C)(C)c1cc(CO)cc(Oc2cc(Cl)ccc2Cl)n1. The first-order valence-corrected chi connectivity index (χ1v) is 7.30. The molecule has 0 spiro atoms. The van der Waals surface area contributed by atoms with Crippen molar-refractivity contribution in [1.29, 1.82) is 0 Å². The Kier molecular flexibility index (Phi) is 4.77. The lowest BCUT2D eigenvalue weighted by Crippen LogP contribution is -2.14. The highest BCUT2D eigenvalue weighted by Crippen LogP contribution is 2.32. The monoisotopic (exact) mass is 325 g/mol. The van der Waals surface area contributed by atoms with Crippen LogP contribution in [0.15, 0.2) is 30.3 Å². The van der Waals surface area contributed by atoms with E-state index in [1.807, 2.05) is 26.8 Å². The third-order valence-electron chi connectivity index (χ3n) is 2.92. The van der Waals surface area contributed by atoms with Crippen LogP contribution in [0.2, 0.25) is 10.0 Å². The number of aliphatic hydroxyl groups is 1. The Balaban J connectivity index is 2.42. The molecule has 0 radical (unpaired) electrons. The molecule has 0 aliphatic rings. The van der Waals surface area contributed by atoms with E-state index in [-0.39, 0.29) is 12.0 Å². The molecule has 0 saturated heterocycles. The summed E-state index contributed by atoms with van der Waals surface area (Å²) in [7, 11) is 0. The zero-order valence-corrected chi connectivity index (χ0v) is 13.7. The zero-order valence-electron chi connectivity index (χ0n) is 12.2. The summed E-state index contributed by atoms with van der Waals surface area (Å²) in [5, 5.41) is 10.4. The van der Waals surface area contributed by atoms with E-state index in [9.17, 15) is 5.11 Å². The summed E-state index contributed by atoms with van der Waals surface area (Å²) in [5.41, 5.74) is 1.42. The molecule has 1 N–H and O–H groups in total. The summed E-state index contributed by atoms with van der Waals surface area (Å²) >= 11 is 12.0. The average Bonchev–Trinajstić information content (AvgIpc) is 2.41. The molecule has 0 aliphatic carbocycles. The Morgan fingerprint density at radius 1 is 1.14 bits per heavy atom. The average molecular weight is 326 g/mol. The zero-order chi connectivity index (χ0) is 15.6. The predicted molar refractivity (Wildman–Crippen MR) is 85.4 cm³/mol. The van der Waals surface area contributed by atoms with E-state index in [1.165, 1.54) is 0 Å². The fourth-order valence-electron chi connectivity index (χ4n) is 1.75. The van der Waals surface area contributed by atoms with Crippen molar-refractivity contribution in [3.8, 4) is 11.6 Å². The lowest BCUT2D eigenvalue weighted by atomic mass is 9.91. The van der Waals surface area contributed by atoms with E-state index in [1.54, 1.807) is 24.3 Å². The second kappa shape index (κ2) is 6.22. The van der Waals surface area contributed by atoms with Crippen molar-refractivity contribution < 1.29 is 9.84 Å². The molecule has 3 nitrogen and oxygen atoms in total. The van der Waals surface area contributed by atoms with E-state index < -0.39 is 0 Å². The van der Waals surface area contributed by atoms with Crippen molar-refractivity contribution in [2.75, 3.05) is 0 Å². The number of benzene rings is 1. The van der Waals surface area contributed by atoms with E-state index in [4.69, 9.17) is 27.9 Å². The minimum absolute atomic E-state index is 0.0781. The van der Waals surface area contributed by atoms with E-state index in [0.717, 1.165) is 11.3 Å². The molecule has 1 aromatic carbocycles. The Hall–Kier alpha value is -1.29. The molecule has 2 rings (SSSR count). The molecule has 1 heterocycles. The van der Waals surface area contributed by atoms with Gasteiger partial charge in [0.25, 0.3) is 0 Å². The van der Waals surface area contributed by atoms with Crippen LogP contribution in [0.3, 0.4) is 0 Å². The molecular formula is C16H17Cl2NO2. The van der Waals surface area contributed by atoms with Gasteiger partial charge in [-0.05, 0) is 23.8 Å². The molecule has 0 amide bonds. The summed E-state index contributed by atoms with van der Waals surface area (Å²) in [6, 6.07) is 8.54. The van der Waals surface area contributed by atoms with E-state index >= 15 is 0 Å². The van der Waals surface area contributed by atoms with Gasteiger partial charge in [0.05, 0.1) is 17.3 Å². The Morgan fingerprint density at radius 3 is 2.48 bits per heavy atom. The minimum atomic E-state index is -0.151. The molecule has 1 aromatic heterocycles. The van der Waals surface area contributed by atoms with Crippen molar-refractivity contribution in [1.82, 2.24) is 4.98 Å². The fraction of sp³-hybridized carbons (Fsp3) is 0.312. The number of aromatic nitrogens is 1. The predicted octanol–water partition coefficient (Wildman–Crippen LogP) is 4.97. The molecule has 0 aliphatic heterocycles. The van der Waals surface area contributed by atoms with Gasteiger partial charge in [0.2, 0.25) is 5.88 Å². The van der Waals surface area contributed by atoms with Crippen molar-refractivity contribution in [2.24, 2.45) is 0 Å². The molecule has 0 fully saturated rings. The second-order valence-electron chi connectivity index (χ2n) is 5.78. The summed E-state index contributed by atoms with van der Waals surface area (Å²) in [6.07, 6.45) is 0. The molecule has 112 valence electrons. The molecule has 0 saturated carbocycles. The van der Waals surface area contributed by atoms with Crippen LogP contribution >= 0.6 is 23.2 Å². The van der Waals surface area contributed by atoms with Gasteiger partial charge in [-0.1, -0.05) is 44.0 Å². The normalized spacial score (nSPS) is 11.5. The number of pyridine rings is 1. The number of hydrogen-bond donors (Lipinski definition) is 1. The lowest BCUT2D eigenvalue weighted by molar-refractivity contribution is 0.280. The summed E-state index contributed by atoms with van der Waals surface area (Å²) in [6.45, 7) is 6.07. The first-order valence-electron chi connectivity index (χ1n) is 6.55. The Bertz CT molecular complexity index is 651. The second-order valence-corrected chi connectivity index (χ2v) is 6.63. The van der Waals surface area contributed by atoms with Gasteiger partial charge in [0, 0.05) is 22.6 Å². The largest absolute Gasteiger partial charge is 0.437 e. The number of hydrogen-bond acceptors (Lipinski definition) is 3. The van der Waals surface area contributed by atoms with Crippen molar-refractivity contribution >= 4 is 23.2 Å². The number of nitrogens with zero attached hydrogens (tertiary/aromatic N) is 1. The maximum atomic E-state index is 9.39. The molecule has 0 unspecified atom stereocenters. The number of aliphatic hydroxyl groups excluding tert-OH is 1. The first-order chi connectivity index (χ1) is 9.79. The van der Waals surface area contributed by atoms with Crippen LogP contribution in [-0.4, -0.2) is 10.1 Å². The number of ether oxygens (including phenoxy) is 1. The van der Waals surface area contributed by atoms with Crippen LogP contribution in [0.1, 0.15) is 32.0 Å². The van der Waals surface area contributed by atoms with Crippen LogP contribution in [0.5, 0.6) is 11.6 Å². The van der Waals surface area contributed by atoms with Crippen LogP contribution in [0.25, 0.3) is 0 Å². The molecule has 2 aromatic rings. The van der Waals surface area contributed by atoms with Gasteiger partial charge < -0.3 is 9.84 Å². The van der Waals surface area contributed by atoms with Crippen LogP contribution in [0.4, 0.5) is 0 Å². The summed E-state index contributed by atoms with van der Waals surface area (Å²) < 4.78 is 5.73. The Labute approximate surface area is 134 Å². The highest BCUT2D eigenvalue weighted by molar-refractivity contribution is 6.34.